The number of carbonyl (C=O) groups excluding carboxylic acids is 2. The highest BCUT2D eigenvalue weighted by molar-refractivity contribution is 5.76. The van der Waals surface area contributed by atoms with E-state index >= 15 is 0 Å². The fraction of sp³-hybridized carbons (Fsp3) is 0.902. The van der Waals surface area contributed by atoms with Crippen molar-refractivity contribution in [2.24, 2.45) is 0 Å². The van der Waals surface area contributed by atoms with Crippen LogP contribution in [0, 0.1) is 0 Å². The first-order valence-corrected chi connectivity index (χ1v) is 30.1. The third-order valence-electron chi connectivity index (χ3n) is 14.0. The number of nitrogens with one attached hydrogen (secondary N) is 1. The van der Waals surface area contributed by atoms with E-state index in [0.29, 0.717) is 19.4 Å². The lowest BCUT2D eigenvalue weighted by atomic mass is 10.0. The van der Waals surface area contributed by atoms with Gasteiger partial charge in [-0.05, 0) is 57.8 Å². The van der Waals surface area contributed by atoms with Gasteiger partial charge in [-0.25, -0.2) is 0 Å². The number of amides is 1. The molecule has 0 aromatic heterocycles. The minimum atomic E-state index is -0.841. The van der Waals surface area contributed by atoms with E-state index < -0.39 is 12.1 Å². The third-order valence-corrected chi connectivity index (χ3v) is 14.0. The molecule has 67 heavy (non-hydrogen) atoms. The molecule has 6 nitrogen and oxygen atoms in total. The number of rotatable bonds is 56. The highest BCUT2D eigenvalue weighted by atomic mass is 16.5. The quantitative estimate of drug-likeness (QED) is 0.0321. The van der Waals surface area contributed by atoms with Gasteiger partial charge in [0, 0.05) is 12.8 Å². The molecular formula is C61H117NO5. The number of aliphatic hydroxyl groups excluding tert-OH is 2. The number of allylic oxidation sites excluding steroid dienone is 3. The van der Waals surface area contributed by atoms with Crippen LogP contribution in [-0.2, 0) is 14.3 Å². The summed E-state index contributed by atoms with van der Waals surface area (Å²) in [5.74, 6) is -0.0529. The summed E-state index contributed by atoms with van der Waals surface area (Å²) in [6, 6.07) is -0.625. The van der Waals surface area contributed by atoms with Crippen LogP contribution < -0.4 is 5.32 Å². The molecule has 6 heteroatoms. The fourth-order valence-corrected chi connectivity index (χ4v) is 9.34. The zero-order valence-electron chi connectivity index (χ0n) is 45.1. The van der Waals surface area contributed by atoms with E-state index in [2.05, 4.69) is 31.3 Å². The summed E-state index contributed by atoms with van der Waals surface area (Å²) < 4.78 is 5.48. The summed E-state index contributed by atoms with van der Waals surface area (Å²) in [6.07, 6.45) is 69.5. The molecule has 0 aromatic rings. The van der Waals surface area contributed by atoms with Gasteiger partial charge in [0.25, 0.3) is 0 Å². The van der Waals surface area contributed by atoms with Gasteiger partial charge in [0.2, 0.25) is 5.91 Å². The maximum absolute atomic E-state index is 12.4. The number of esters is 1. The molecule has 2 atom stereocenters. The van der Waals surface area contributed by atoms with Crippen molar-refractivity contribution >= 4 is 11.9 Å². The molecule has 0 heterocycles. The van der Waals surface area contributed by atoms with Crippen molar-refractivity contribution < 1.29 is 24.5 Å². The molecule has 0 aromatic carbocycles. The van der Waals surface area contributed by atoms with Gasteiger partial charge in [0.05, 0.1) is 25.4 Å². The van der Waals surface area contributed by atoms with Crippen LogP contribution >= 0.6 is 0 Å². The Hall–Kier alpha value is -1.66. The first kappa shape index (κ1) is 65.3. The highest BCUT2D eigenvalue weighted by Gasteiger charge is 2.18. The fourth-order valence-electron chi connectivity index (χ4n) is 9.34. The van der Waals surface area contributed by atoms with Gasteiger partial charge in [-0.2, -0.15) is 0 Å². The Balaban J connectivity index is 3.35. The number of aliphatic hydroxyl groups is 2. The Kier molecular flexibility index (Phi) is 55.5. The van der Waals surface area contributed by atoms with E-state index in [1.54, 1.807) is 6.08 Å². The molecule has 1 amide bonds. The lowest BCUT2D eigenvalue weighted by molar-refractivity contribution is -0.143. The summed E-state index contributed by atoms with van der Waals surface area (Å²) in [6.45, 7) is 4.89. The van der Waals surface area contributed by atoms with Gasteiger partial charge in [-0.3, -0.25) is 9.59 Å². The molecule has 2 unspecified atom stereocenters. The predicted molar refractivity (Wildman–Crippen MR) is 292 cm³/mol. The summed E-state index contributed by atoms with van der Waals surface area (Å²) in [7, 11) is 0. The Morgan fingerprint density at radius 2 is 0.701 bits per heavy atom. The van der Waals surface area contributed by atoms with Crippen LogP contribution in [0.2, 0.25) is 0 Å². The lowest BCUT2D eigenvalue weighted by Crippen LogP contribution is -2.45. The molecule has 396 valence electrons. The second-order valence-corrected chi connectivity index (χ2v) is 20.7. The monoisotopic (exact) mass is 944 g/mol. The second-order valence-electron chi connectivity index (χ2n) is 20.7. The van der Waals surface area contributed by atoms with E-state index in [1.165, 1.54) is 263 Å². The van der Waals surface area contributed by atoms with E-state index in [1.807, 2.05) is 6.08 Å². The molecule has 0 radical (unpaired) electrons. The Morgan fingerprint density at radius 1 is 0.403 bits per heavy atom. The van der Waals surface area contributed by atoms with Crippen LogP contribution in [-0.4, -0.2) is 47.4 Å². The molecule has 0 aliphatic rings. The maximum atomic E-state index is 12.4. The molecule has 0 bridgehead atoms. The highest BCUT2D eigenvalue weighted by Crippen LogP contribution is 2.17. The van der Waals surface area contributed by atoms with Crippen molar-refractivity contribution in [3.05, 3.63) is 24.3 Å². The second kappa shape index (κ2) is 56.9. The molecule has 0 saturated heterocycles. The Morgan fingerprint density at radius 3 is 1.06 bits per heavy atom. The molecular weight excluding hydrogens is 827 g/mol. The van der Waals surface area contributed by atoms with Crippen molar-refractivity contribution in [3.63, 3.8) is 0 Å². The van der Waals surface area contributed by atoms with E-state index in [4.69, 9.17) is 4.74 Å². The minimum Gasteiger partial charge on any atom is -0.466 e. The molecule has 0 aliphatic heterocycles. The molecule has 0 rings (SSSR count). The topological polar surface area (TPSA) is 95.9 Å². The van der Waals surface area contributed by atoms with Gasteiger partial charge in [0.15, 0.2) is 0 Å². The van der Waals surface area contributed by atoms with E-state index in [-0.39, 0.29) is 18.5 Å². The van der Waals surface area contributed by atoms with Crippen molar-refractivity contribution in [2.75, 3.05) is 13.2 Å². The van der Waals surface area contributed by atoms with Crippen LogP contribution in [0.25, 0.3) is 0 Å². The van der Waals surface area contributed by atoms with Crippen LogP contribution in [0.4, 0.5) is 0 Å². The largest absolute Gasteiger partial charge is 0.466 e. The van der Waals surface area contributed by atoms with Gasteiger partial charge >= 0.3 is 5.97 Å². The van der Waals surface area contributed by atoms with Gasteiger partial charge < -0.3 is 20.3 Å². The zero-order valence-corrected chi connectivity index (χ0v) is 45.1. The number of carbonyl (C=O) groups is 2. The van der Waals surface area contributed by atoms with Crippen molar-refractivity contribution in [2.45, 2.75) is 341 Å². The van der Waals surface area contributed by atoms with E-state index in [0.717, 1.165) is 38.5 Å². The summed E-state index contributed by atoms with van der Waals surface area (Å²) in [5, 5.41) is 22.9. The Labute approximate surface area is 418 Å². The van der Waals surface area contributed by atoms with Gasteiger partial charge in [-0.15, -0.1) is 0 Å². The van der Waals surface area contributed by atoms with Crippen LogP contribution in [0.15, 0.2) is 24.3 Å². The standard InChI is InChI=1S/C61H117NO5/c1-3-5-7-9-11-13-14-31-35-39-43-47-51-55-61(66)67-56-52-48-44-40-36-33-30-28-26-24-22-20-18-16-15-17-19-21-23-25-27-29-32-34-38-42-46-50-54-60(65)62-58(57-63)59(64)53-49-45-41-37-12-10-8-6-4-2/h15-16,49,53,58-59,63-64H,3-14,17-48,50-52,54-57H2,1-2H3,(H,62,65)/b16-15-,53-49+. The third kappa shape index (κ3) is 53.5. The molecule has 0 saturated carbocycles. The predicted octanol–water partition coefficient (Wildman–Crippen LogP) is 18.6. The number of unbranched alkanes of at least 4 members (excludes halogenated alkanes) is 43. The number of hydrogen-bond donors (Lipinski definition) is 3. The van der Waals surface area contributed by atoms with Gasteiger partial charge in [-0.1, -0.05) is 282 Å². The minimum absolute atomic E-state index is 0.0170. The van der Waals surface area contributed by atoms with Crippen LogP contribution in [0.3, 0.4) is 0 Å². The zero-order chi connectivity index (χ0) is 48.6. The first-order valence-electron chi connectivity index (χ1n) is 30.1. The molecule has 0 spiro atoms. The maximum Gasteiger partial charge on any atom is 0.305 e. The molecule has 3 N–H and O–H groups in total. The first-order chi connectivity index (χ1) is 33.0. The lowest BCUT2D eigenvalue weighted by Gasteiger charge is -2.20. The van der Waals surface area contributed by atoms with Gasteiger partial charge in [0.1, 0.15) is 0 Å². The number of hydrogen-bond acceptors (Lipinski definition) is 5. The summed E-state index contributed by atoms with van der Waals surface area (Å²) in [4.78, 5) is 24.4. The van der Waals surface area contributed by atoms with Crippen molar-refractivity contribution in [1.82, 2.24) is 5.32 Å². The molecule has 0 aliphatic carbocycles. The normalized spacial score (nSPS) is 12.7. The SMILES string of the molecule is CCCCCCCCC/C=C/C(O)C(CO)NC(=O)CCCCCCCCCCCCCC/C=C\CCCCCCCCCCCCCCOC(=O)CCCCCCCCCCCCCCC. The van der Waals surface area contributed by atoms with Crippen LogP contribution in [0.1, 0.15) is 328 Å². The van der Waals surface area contributed by atoms with Crippen molar-refractivity contribution in [3.8, 4) is 0 Å². The summed E-state index contributed by atoms with van der Waals surface area (Å²) in [5.41, 5.74) is 0. The Bertz CT molecular complexity index is 1040. The summed E-state index contributed by atoms with van der Waals surface area (Å²) >= 11 is 0. The molecule has 0 fully saturated rings. The van der Waals surface area contributed by atoms with E-state index in [9.17, 15) is 19.8 Å². The smallest absolute Gasteiger partial charge is 0.305 e. The number of ether oxygens (including phenoxy) is 1. The van der Waals surface area contributed by atoms with Crippen LogP contribution in [0.5, 0.6) is 0 Å². The van der Waals surface area contributed by atoms with Crippen molar-refractivity contribution in [1.29, 1.82) is 0 Å². The average molecular weight is 945 g/mol. The average Bonchev–Trinajstić information content (AvgIpc) is 3.33.